The molecule has 0 radical (unpaired) electrons. The van der Waals surface area contributed by atoms with Crippen molar-refractivity contribution in [1.29, 1.82) is 0 Å². The lowest BCUT2D eigenvalue weighted by molar-refractivity contribution is -0.166. The fourth-order valence-corrected chi connectivity index (χ4v) is 7.94. The molecular formula is C67H110O6. The van der Waals surface area contributed by atoms with Gasteiger partial charge in [0.25, 0.3) is 0 Å². The molecule has 6 heteroatoms. The van der Waals surface area contributed by atoms with Crippen LogP contribution in [0, 0.1) is 0 Å². The molecule has 414 valence electrons. The third-order valence-electron chi connectivity index (χ3n) is 12.4. The minimum atomic E-state index is -0.819. The molecule has 1 unspecified atom stereocenters. The number of rotatable bonds is 53. The Morgan fingerprint density at radius 1 is 0.288 bits per heavy atom. The van der Waals surface area contributed by atoms with Gasteiger partial charge in [-0.1, -0.05) is 245 Å². The van der Waals surface area contributed by atoms with Crippen molar-refractivity contribution in [2.75, 3.05) is 13.2 Å². The smallest absolute Gasteiger partial charge is 0.306 e. The molecule has 1 atom stereocenters. The molecule has 0 aromatic rings. The zero-order valence-electron chi connectivity index (χ0n) is 47.4. The second-order valence-corrected chi connectivity index (χ2v) is 19.5. The second kappa shape index (κ2) is 60.4. The van der Waals surface area contributed by atoms with Crippen LogP contribution in [0.5, 0.6) is 0 Å². The van der Waals surface area contributed by atoms with Gasteiger partial charge in [-0.25, -0.2) is 0 Å². The van der Waals surface area contributed by atoms with Gasteiger partial charge in [-0.15, -0.1) is 0 Å². The quantitative estimate of drug-likeness (QED) is 0.0261. The number of ether oxygens (including phenoxy) is 3. The van der Waals surface area contributed by atoms with Gasteiger partial charge in [0, 0.05) is 19.3 Å². The molecule has 0 aliphatic carbocycles. The number of unbranched alkanes of at least 4 members (excludes halogenated alkanes) is 22. The van der Waals surface area contributed by atoms with Crippen molar-refractivity contribution in [2.24, 2.45) is 0 Å². The maximum Gasteiger partial charge on any atom is 0.306 e. The molecule has 0 bridgehead atoms. The van der Waals surface area contributed by atoms with Gasteiger partial charge in [0.2, 0.25) is 0 Å². The van der Waals surface area contributed by atoms with E-state index in [0.717, 1.165) is 96.3 Å². The first kappa shape index (κ1) is 68.8. The number of hydrogen-bond acceptors (Lipinski definition) is 6. The summed E-state index contributed by atoms with van der Waals surface area (Å²) in [7, 11) is 0. The molecule has 0 aliphatic heterocycles. The van der Waals surface area contributed by atoms with Gasteiger partial charge in [0.15, 0.2) is 6.10 Å². The summed E-state index contributed by atoms with van der Waals surface area (Å²) in [5, 5.41) is 0. The van der Waals surface area contributed by atoms with Crippen molar-refractivity contribution < 1.29 is 28.6 Å². The molecule has 0 fully saturated rings. The average molecular weight is 1010 g/mol. The van der Waals surface area contributed by atoms with Crippen LogP contribution in [-0.4, -0.2) is 37.2 Å². The van der Waals surface area contributed by atoms with E-state index >= 15 is 0 Å². The minimum absolute atomic E-state index is 0.110. The topological polar surface area (TPSA) is 78.9 Å². The lowest BCUT2D eigenvalue weighted by Crippen LogP contribution is -2.30. The molecule has 73 heavy (non-hydrogen) atoms. The van der Waals surface area contributed by atoms with E-state index in [1.807, 2.05) is 6.08 Å². The Bertz CT molecular complexity index is 1540. The highest BCUT2D eigenvalue weighted by molar-refractivity contribution is 5.71. The summed E-state index contributed by atoms with van der Waals surface area (Å²) < 4.78 is 16.8. The van der Waals surface area contributed by atoms with Gasteiger partial charge in [0.05, 0.1) is 0 Å². The Kier molecular flexibility index (Phi) is 56.9. The highest BCUT2D eigenvalue weighted by Gasteiger charge is 2.19. The monoisotopic (exact) mass is 1010 g/mol. The number of hydrogen-bond donors (Lipinski definition) is 0. The fraction of sp³-hybridized carbons (Fsp3) is 0.657. The van der Waals surface area contributed by atoms with E-state index in [4.69, 9.17) is 14.2 Å². The van der Waals surface area contributed by atoms with Crippen molar-refractivity contribution in [1.82, 2.24) is 0 Å². The highest BCUT2D eigenvalue weighted by atomic mass is 16.6. The van der Waals surface area contributed by atoms with Crippen molar-refractivity contribution in [2.45, 2.75) is 271 Å². The van der Waals surface area contributed by atoms with E-state index in [-0.39, 0.29) is 37.5 Å². The normalized spacial score (nSPS) is 13.0. The Morgan fingerprint density at radius 3 is 0.918 bits per heavy atom. The summed E-state index contributed by atoms with van der Waals surface area (Å²) in [6.07, 6.45) is 83.4. The number of esters is 3. The van der Waals surface area contributed by atoms with Crippen LogP contribution in [0.4, 0.5) is 0 Å². The van der Waals surface area contributed by atoms with Crippen molar-refractivity contribution in [3.8, 4) is 0 Å². The van der Waals surface area contributed by atoms with E-state index in [1.54, 1.807) is 0 Å². The van der Waals surface area contributed by atoms with Crippen LogP contribution in [0.25, 0.3) is 0 Å². The summed E-state index contributed by atoms with van der Waals surface area (Å²) in [5.41, 5.74) is 0. The Morgan fingerprint density at radius 2 is 0.562 bits per heavy atom. The molecule has 0 aromatic carbocycles. The van der Waals surface area contributed by atoms with Crippen LogP contribution >= 0.6 is 0 Å². The summed E-state index contributed by atoms with van der Waals surface area (Å²) in [6, 6.07) is 0. The zero-order valence-corrected chi connectivity index (χ0v) is 47.4. The van der Waals surface area contributed by atoms with E-state index < -0.39 is 6.10 Å². The standard InChI is InChI=1S/C67H110O6/c1-4-7-10-13-16-19-22-25-28-31-33-36-39-42-45-48-51-54-57-60-66(69)72-63-64(62-71-65(68)59-56-53-50-47-44-41-38-35-30-27-24-21-18-15-12-9-6-3)73-67(70)61-58-55-52-49-46-43-40-37-34-32-29-26-23-20-17-14-11-8-5-2/h7,10,16-21,25-30,33,36,42,45,51,54,64H,4-6,8-9,11-15,22-24,31-32,34-35,37-41,43-44,46-50,52-53,55-63H2,1-3H3/b10-7-,19-16-,20-17-,21-18-,28-25-,29-26-,30-27-,36-33-,45-42-,54-51-. The Balaban J connectivity index is 4.53. The summed E-state index contributed by atoms with van der Waals surface area (Å²) in [5.74, 6) is -1.01. The molecule has 0 saturated carbocycles. The van der Waals surface area contributed by atoms with E-state index in [2.05, 4.69) is 136 Å². The van der Waals surface area contributed by atoms with Gasteiger partial charge in [0.1, 0.15) is 13.2 Å². The molecule has 0 spiro atoms. The third-order valence-corrected chi connectivity index (χ3v) is 12.4. The van der Waals surface area contributed by atoms with Crippen LogP contribution in [0.1, 0.15) is 265 Å². The van der Waals surface area contributed by atoms with Crippen LogP contribution in [-0.2, 0) is 28.6 Å². The number of carbonyl (C=O) groups is 3. The van der Waals surface area contributed by atoms with Crippen molar-refractivity contribution >= 4 is 17.9 Å². The Labute approximate surface area is 450 Å². The minimum Gasteiger partial charge on any atom is -0.462 e. The van der Waals surface area contributed by atoms with Crippen LogP contribution < -0.4 is 0 Å². The van der Waals surface area contributed by atoms with Crippen molar-refractivity contribution in [3.05, 3.63) is 122 Å². The molecule has 0 aliphatic rings. The second-order valence-electron chi connectivity index (χ2n) is 19.5. The molecule has 0 saturated heterocycles. The van der Waals surface area contributed by atoms with Crippen LogP contribution in [0.2, 0.25) is 0 Å². The highest BCUT2D eigenvalue weighted by Crippen LogP contribution is 2.14. The summed E-state index contributed by atoms with van der Waals surface area (Å²) in [6.45, 7) is 6.41. The van der Waals surface area contributed by atoms with Crippen LogP contribution in [0.15, 0.2) is 122 Å². The molecule has 0 N–H and O–H groups in total. The van der Waals surface area contributed by atoms with E-state index in [1.165, 1.54) is 122 Å². The molecule has 0 aromatic heterocycles. The maximum absolute atomic E-state index is 12.9. The average Bonchev–Trinajstić information content (AvgIpc) is 3.39. The van der Waals surface area contributed by atoms with E-state index in [0.29, 0.717) is 19.3 Å². The Hall–Kier alpha value is -4.19. The zero-order chi connectivity index (χ0) is 52.9. The number of carbonyl (C=O) groups excluding carboxylic acids is 3. The largest absolute Gasteiger partial charge is 0.462 e. The first-order valence-electron chi connectivity index (χ1n) is 30.0. The molecule has 0 rings (SSSR count). The molecule has 0 heterocycles. The molecule has 0 amide bonds. The van der Waals surface area contributed by atoms with Gasteiger partial charge in [-0.3, -0.25) is 14.4 Å². The van der Waals surface area contributed by atoms with Crippen LogP contribution in [0.3, 0.4) is 0 Å². The lowest BCUT2D eigenvalue weighted by Gasteiger charge is -2.18. The molecule has 6 nitrogen and oxygen atoms in total. The summed E-state index contributed by atoms with van der Waals surface area (Å²) in [4.78, 5) is 38.2. The SMILES string of the molecule is CC/C=C\C/C=C\C/C=C\C/C=C\C/C=C\C/C=C\CCC(=O)OCC(COC(=O)CCCCCCCCC/C=C\C/C=C\CCCCC)OC(=O)CCCCCCCCCCC/C=C\C/C=C\CCCCC. The molecular weight excluding hydrogens is 901 g/mol. The fourth-order valence-electron chi connectivity index (χ4n) is 7.94. The van der Waals surface area contributed by atoms with E-state index in [9.17, 15) is 14.4 Å². The summed E-state index contributed by atoms with van der Waals surface area (Å²) >= 11 is 0. The van der Waals surface area contributed by atoms with Crippen molar-refractivity contribution in [3.63, 3.8) is 0 Å². The van der Waals surface area contributed by atoms with Gasteiger partial charge in [-0.05, 0) is 122 Å². The predicted molar refractivity (Wildman–Crippen MR) is 316 cm³/mol. The first-order valence-corrected chi connectivity index (χ1v) is 30.0. The van der Waals surface area contributed by atoms with Gasteiger partial charge < -0.3 is 14.2 Å². The lowest BCUT2D eigenvalue weighted by atomic mass is 10.1. The third kappa shape index (κ3) is 58.6. The van der Waals surface area contributed by atoms with Gasteiger partial charge >= 0.3 is 17.9 Å². The van der Waals surface area contributed by atoms with Gasteiger partial charge in [-0.2, -0.15) is 0 Å². The first-order chi connectivity index (χ1) is 36.0. The number of allylic oxidation sites excluding steroid dienone is 20. The predicted octanol–water partition coefficient (Wildman–Crippen LogP) is 20.4. The maximum atomic E-state index is 12.9.